The molecule has 0 aromatic heterocycles. The first-order valence-corrected chi connectivity index (χ1v) is 7.13. The number of nitrogens with zero attached hydrogens (tertiary/aromatic N) is 2. The third kappa shape index (κ3) is 6.60. The van der Waals surface area contributed by atoms with Gasteiger partial charge in [-0.25, -0.2) is 4.79 Å². The van der Waals surface area contributed by atoms with E-state index in [-0.39, 0.29) is 0 Å². The summed E-state index contributed by atoms with van der Waals surface area (Å²) in [6, 6.07) is 6.67. The molecule has 8 nitrogen and oxygen atoms in total. The molecule has 0 heterocycles. The Balaban J connectivity index is 2.68. The molecule has 1 atom stereocenters. The molecule has 8 heteroatoms. The molecular formula is C15H22N6O2. The van der Waals surface area contributed by atoms with Gasteiger partial charge in [-0.3, -0.25) is 14.8 Å². The zero-order valence-corrected chi connectivity index (χ0v) is 13.5. The average molecular weight is 318 g/mol. The Morgan fingerprint density at radius 3 is 2.65 bits per heavy atom. The Kier molecular flexibility index (Phi) is 7.84. The average Bonchev–Trinajstić information content (AvgIpc) is 2.57. The van der Waals surface area contributed by atoms with Crippen molar-refractivity contribution in [3.05, 3.63) is 24.3 Å². The van der Waals surface area contributed by atoms with Crippen LogP contribution in [0.4, 0.5) is 16.2 Å². The summed E-state index contributed by atoms with van der Waals surface area (Å²) in [7, 11) is 3.26. The van der Waals surface area contributed by atoms with Gasteiger partial charge >= 0.3 is 6.03 Å². The van der Waals surface area contributed by atoms with Crippen molar-refractivity contribution in [2.45, 2.75) is 13.1 Å². The number of urea groups is 1. The van der Waals surface area contributed by atoms with Gasteiger partial charge < -0.3 is 21.3 Å². The topological polar surface area (TPSA) is 107 Å². The molecule has 0 saturated carbocycles. The molecule has 0 saturated heterocycles. The van der Waals surface area contributed by atoms with Crippen molar-refractivity contribution < 1.29 is 9.59 Å². The standard InChI is InChI=1S/C15H22N6O2/c1-4-18-8-9-19-13(14(22)17-3)21-15(23)20-12-7-5-6-11(10-12)16-2/h4-7,9-10,13,16H,8H2,1-3H3,(H,17,22)(H2,20,21,23)/b18-4-,19-9+/t13-/m0/s1. The normalized spacial score (nSPS) is 12.1. The largest absolute Gasteiger partial charge is 0.388 e. The van der Waals surface area contributed by atoms with Crippen molar-refractivity contribution in [3.8, 4) is 0 Å². The maximum Gasteiger partial charge on any atom is 0.321 e. The summed E-state index contributed by atoms with van der Waals surface area (Å²) in [6.07, 6.45) is 2.09. The molecule has 0 aliphatic rings. The van der Waals surface area contributed by atoms with Crippen LogP contribution in [-0.4, -0.2) is 51.2 Å². The Bertz CT molecular complexity index is 585. The maximum absolute atomic E-state index is 12.0. The van der Waals surface area contributed by atoms with Crippen LogP contribution in [-0.2, 0) is 4.79 Å². The number of nitrogens with one attached hydrogen (secondary N) is 4. The lowest BCUT2D eigenvalue weighted by Gasteiger charge is -2.14. The highest BCUT2D eigenvalue weighted by Crippen LogP contribution is 2.14. The van der Waals surface area contributed by atoms with E-state index in [1.165, 1.54) is 13.3 Å². The van der Waals surface area contributed by atoms with Gasteiger partial charge in [-0.15, -0.1) is 0 Å². The lowest BCUT2D eigenvalue weighted by Crippen LogP contribution is -2.46. The Morgan fingerprint density at radius 1 is 1.26 bits per heavy atom. The van der Waals surface area contributed by atoms with Crippen LogP contribution in [0.25, 0.3) is 0 Å². The second kappa shape index (κ2) is 9.93. The van der Waals surface area contributed by atoms with Crippen LogP contribution in [0, 0.1) is 0 Å². The van der Waals surface area contributed by atoms with E-state index in [0.717, 1.165) is 5.69 Å². The second-order valence-electron chi connectivity index (χ2n) is 4.40. The molecule has 0 bridgehead atoms. The minimum absolute atomic E-state index is 0.345. The predicted molar refractivity (Wildman–Crippen MR) is 93.5 cm³/mol. The Hall–Kier alpha value is -2.90. The van der Waals surface area contributed by atoms with Crippen molar-refractivity contribution in [2.75, 3.05) is 31.3 Å². The van der Waals surface area contributed by atoms with Gasteiger partial charge in [-0.1, -0.05) is 6.07 Å². The van der Waals surface area contributed by atoms with E-state index in [9.17, 15) is 9.59 Å². The van der Waals surface area contributed by atoms with Crippen LogP contribution in [0.2, 0.25) is 0 Å². The molecule has 0 aliphatic heterocycles. The summed E-state index contributed by atoms with van der Waals surface area (Å²) in [5, 5.41) is 10.6. The van der Waals surface area contributed by atoms with Crippen molar-refractivity contribution in [3.63, 3.8) is 0 Å². The van der Waals surface area contributed by atoms with E-state index in [1.807, 2.05) is 6.07 Å². The van der Waals surface area contributed by atoms with Crippen LogP contribution >= 0.6 is 0 Å². The molecule has 0 fully saturated rings. The Morgan fingerprint density at radius 2 is 2.00 bits per heavy atom. The first-order valence-electron chi connectivity index (χ1n) is 7.13. The van der Waals surface area contributed by atoms with E-state index in [1.54, 1.807) is 38.4 Å². The van der Waals surface area contributed by atoms with Gasteiger partial charge in [0, 0.05) is 31.7 Å². The summed E-state index contributed by atoms with van der Waals surface area (Å²) < 4.78 is 0. The highest BCUT2D eigenvalue weighted by Gasteiger charge is 2.17. The molecule has 1 aromatic rings. The summed E-state index contributed by atoms with van der Waals surface area (Å²) in [6.45, 7) is 2.13. The first kappa shape index (κ1) is 18.1. The third-order valence-electron chi connectivity index (χ3n) is 2.80. The number of benzene rings is 1. The molecule has 0 radical (unpaired) electrons. The van der Waals surface area contributed by atoms with E-state index in [2.05, 4.69) is 31.3 Å². The van der Waals surface area contributed by atoms with Gasteiger partial charge in [0.15, 0.2) is 0 Å². The fourth-order valence-electron chi connectivity index (χ4n) is 1.66. The van der Waals surface area contributed by atoms with Gasteiger partial charge in [-0.2, -0.15) is 0 Å². The number of carbonyl (C=O) groups excluding carboxylic acids is 2. The molecular weight excluding hydrogens is 296 g/mol. The molecule has 3 amide bonds. The van der Waals surface area contributed by atoms with E-state index >= 15 is 0 Å². The fraction of sp³-hybridized carbons (Fsp3) is 0.333. The van der Waals surface area contributed by atoms with Crippen LogP contribution < -0.4 is 21.3 Å². The van der Waals surface area contributed by atoms with Crippen molar-refractivity contribution in [1.82, 2.24) is 10.6 Å². The Labute approximate surface area is 135 Å². The number of aliphatic imine (C=N–C) groups is 2. The highest BCUT2D eigenvalue weighted by molar-refractivity contribution is 5.94. The number of rotatable bonds is 7. The van der Waals surface area contributed by atoms with Gasteiger partial charge in [0.1, 0.15) is 0 Å². The predicted octanol–water partition coefficient (Wildman–Crippen LogP) is 1.08. The highest BCUT2D eigenvalue weighted by atomic mass is 16.2. The van der Waals surface area contributed by atoms with Crippen molar-refractivity contribution in [2.24, 2.45) is 9.98 Å². The molecule has 4 N–H and O–H groups in total. The monoisotopic (exact) mass is 318 g/mol. The summed E-state index contributed by atoms with van der Waals surface area (Å²) in [4.78, 5) is 31.7. The van der Waals surface area contributed by atoms with Crippen LogP contribution in [0.15, 0.2) is 34.3 Å². The molecule has 0 spiro atoms. The molecule has 0 unspecified atom stereocenters. The molecule has 1 rings (SSSR count). The number of hydrogen-bond acceptors (Lipinski definition) is 5. The lowest BCUT2D eigenvalue weighted by molar-refractivity contribution is -0.122. The molecule has 1 aromatic carbocycles. The van der Waals surface area contributed by atoms with Gasteiger partial charge in [0.05, 0.1) is 6.54 Å². The molecule has 23 heavy (non-hydrogen) atoms. The smallest absolute Gasteiger partial charge is 0.321 e. The molecule has 0 aliphatic carbocycles. The van der Waals surface area contributed by atoms with Crippen molar-refractivity contribution in [1.29, 1.82) is 0 Å². The number of anilines is 2. The van der Waals surface area contributed by atoms with Crippen molar-refractivity contribution >= 4 is 35.7 Å². The van der Waals surface area contributed by atoms with E-state index in [0.29, 0.717) is 12.2 Å². The van der Waals surface area contributed by atoms with Crippen LogP contribution in [0.5, 0.6) is 0 Å². The summed E-state index contributed by atoms with van der Waals surface area (Å²) >= 11 is 0. The number of amides is 3. The quantitative estimate of drug-likeness (QED) is 0.565. The number of likely N-dealkylation sites (N-methyl/N-ethyl adjacent to an activating group) is 1. The third-order valence-corrected chi connectivity index (χ3v) is 2.80. The summed E-state index contributed by atoms with van der Waals surface area (Å²) in [5.41, 5.74) is 1.46. The van der Waals surface area contributed by atoms with Crippen LogP contribution in [0.3, 0.4) is 0 Å². The minimum atomic E-state index is -1.01. The minimum Gasteiger partial charge on any atom is -0.388 e. The number of carbonyl (C=O) groups is 2. The SMILES string of the molecule is C/C=N\C/C=N/[C@@H](NC(=O)Nc1cccc(NC)c1)C(=O)NC. The molecule has 124 valence electrons. The van der Waals surface area contributed by atoms with Gasteiger partial charge in [0.25, 0.3) is 5.91 Å². The zero-order chi connectivity index (χ0) is 17.1. The lowest BCUT2D eigenvalue weighted by atomic mass is 10.3. The van der Waals surface area contributed by atoms with Gasteiger partial charge in [0.2, 0.25) is 6.17 Å². The first-order chi connectivity index (χ1) is 11.1. The second-order valence-corrected chi connectivity index (χ2v) is 4.40. The van der Waals surface area contributed by atoms with Gasteiger partial charge in [-0.05, 0) is 31.3 Å². The van der Waals surface area contributed by atoms with E-state index in [4.69, 9.17) is 0 Å². The maximum atomic E-state index is 12.0. The number of hydrogen-bond donors (Lipinski definition) is 4. The zero-order valence-electron chi connectivity index (χ0n) is 13.5. The fourth-order valence-corrected chi connectivity index (χ4v) is 1.66. The van der Waals surface area contributed by atoms with E-state index < -0.39 is 18.1 Å². The summed E-state index contributed by atoms with van der Waals surface area (Å²) in [5.74, 6) is -0.416. The van der Waals surface area contributed by atoms with Crippen LogP contribution in [0.1, 0.15) is 6.92 Å².